The zero-order valence-corrected chi connectivity index (χ0v) is 21.0. The largest absolute Gasteiger partial charge is 0.381 e. The van der Waals surface area contributed by atoms with Crippen LogP contribution < -0.4 is 0 Å². The third kappa shape index (κ3) is 3.90. The third-order valence-electron chi connectivity index (χ3n) is 7.47. The Hall–Kier alpha value is -3.66. The zero-order chi connectivity index (χ0) is 25.8. The summed E-state index contributed by atoms with van der Waals surface area (Å²) < 4.78 is 37.8. The summed E-state index contributed by atoms with van der Waals surface area (Å²) in [5, 5.41) is 4.91. The standard InChI is InChI=1S/C27H28F2N6O2/c1-15-27(36)33(2)14-22-24(31-26(35(15)22)16-8-11-37-12-9-16)17-5-4-6-20-18(17)13-19(25(28)29)23(30-20)21-7-10-34(3)32-21/h4-7,10,13,15-16,25H,8-9,11-12,14H2,1-3H3/t15-/m1/s1. The maximum atomic E-state index is 14.3. The van der Waals surface area contributed by atoms with Crippen LogP contribution in [0.5, 0.6) is 0 Å². The van der Waals surface area contributed by atoms with Crippen molar-refractivity contribution >= 4 is 16.8 Å². The molecule has 2 aliphatic rings. The molecule has 1 amide bonds. The lowest BCUT2D eigenvalue weighted by atomic mass is 9.98. The van der Waals surface area contributed by atoms with Gasteiger partial charge in [0.15, 0.2) is 0 Å². The third-order valence-corrected chi connectivity index (χ3v) is 7.47. The van der Waals surface area contributed by atoms with Gasteiger partial charge in [-0.1, -0.05) is 12.1 Å². The van der Waals surface area contributed by atoms with Crippen molar-refractivity contribution in [3.8, 4) is 22.6 Å². The first-order valence-corrected chi connectivity index (χ1v) is 12.5. The molecule has 1 fully saturated rings. The predicted molar refractivity (Wildman–Crippen MR) is 134 cm³/mol. The quantitative estimate of drug-likeness (QED) is 0.395. The van der Waals surface area contributed by atoms with Crippen LogP contribution in [-0.4, -0.2) is 55.4 Å². The van der Waals surface area contributed by atoms with Crippen molar-refractivity contribution in [1.82, 2.24) is 29.2 Å². The second kappa shape index (κ2) is 9.02. The molecule has 0 unspecified atom stereocenters. The Morgan fingerprint density at radius 2 is 1.86 bits per heavy atom. The molecule has 1 saturated heterocycles. The van der Waals surface area contributed by atoms with Crippen molar-refractivity contribution in [3.63, 3.8) is 0 Å². The second-order valence-corrected chi connectivity index (χ2v) is 9.87. The number of carbonyl (C=O) groups is 1. The Morgan fingerprint density at radius 1 is 1.08 bits per heavy atom. The van der Waals surface area contributed by atoms with Crippen LogP contribution in [0.1, 0.15) is 55.2 Å². The van der Waals surface area contributed by atoms with Crippen LogP contribution in [-0.2, 0) is 23.1 Å². The van der Waals surface area contributed by atoms with Crippen molar-refractivity contribution in [2.24, 2.45) is 7.05 Å². The molecule has 5 heterocycles. The summed E-state index contributed by atoms with van der Waals surface area (Å²) in [5.74, 6) is 1.07. The van der Waals surface area contributed by atoms with Crippen molar-refractivity contribution in [3.05, 3.63) is 53.6 Å². The number of likely N-dealkylation sites (N-methyl/N-ethyl adjacent to an activating group) is 1. The van der Waals surface area contributed by atoms with Gasteiger partial charge in [0, 0.05) is 55.9 Å². The fourth-order valence-corrected chi connectivity index (χ4v) is 5.59. The van der Waals surface area contributed by atoms with Gasteiger partial charge in [0.25, 0.3) is 6.43 Å². The van der Waals surface area contributed by atoms with Gasteiger partial charge in [-0.2, -0.15) is 5.10 Å². The number of hydrogen-bond donors (Lipinski definition) is 0. The predicted octanol–water partition coefficient (Wildman–Crippen LogP) is 4.86. The van der Waals surface area contributed by atoms with Gasteiger partial charge >= 0.3 is 0 Å². The van der Waals surface area contributed by atoms with E-state index in [1.54, 1.807) is 35.9 Å². The minimum Gasteiger partial charge on any atom is -0.381 e. The summed E-state index contributed by atoms with van der Waals surface area (Å²) in [5.41, 5.74) is 3.36. The van der Waals surface area contributed by atoms with Crippen molar-refractivity contribution in [1.29, 1.82) is 0 Å². The Bertz CT molecular complexity index is 1500. The van der Waals surface area contributed by atoms with E-state index in [1.165, 1.54) is 6.07 Å². The van der Waals surface area contributed by atoms with E-state index in [0.717, 1.165) is 29.9 Å². The molecule has 0 bridgehead atoms. The number of halogens is 2. The molecule has 0 radical (unpaired) electrons. The highest BCUT2D eigenvalue weighted by Gasteiger charge is 2.36. The number of benzene rings is 1. The van der Waals surface area contributed by atoms with E-state index in [4.69, 9.17) is 9.72 Å². The van der Waals surface area contributed by atoms with E-state index < -0.39 is 12.5 Å². The van der Waals surface area contributed by atoms with Gasteiger partial charge in [0.2, 0.25) is 5.91 Å². The number of imidazole rings is 1. The molecule has 10 heteroatoms. The molecular weight excluding hydrogens is 478 g/mol. The Morgan fingerprint density at radius 3 is 2.57 bits per heavy atom. The van der Waals surface area contributed by atoms with Gasteiger partial charge in [0.1, 0.15) is 23.3 Å². The molecular formula is C27H28F2N6O2. The lowest BCUT2D eigenvalue weighted by Crippen LogP contribution is -2.40. The molecule has 4 aromatic rings. The van der Waals surface area contributed by atoms with Crippen molar-refractivity contribution in [2.45, 2.75) is 44.7 Å². The Balaban J connectivity index is 1.58. The molecule has 6 rings (SSSR count). The number of aryl methyl sites for hydroxylation is 1. The van der Waals surface area contributed by atoms with Crippen molar-refractivity contribution < 1.29 is 18.3 Å². The molecule has 0 aliphatic carbocycles. The van der Waals surface area contributed by atoms with Crippen LogP contribution in [0, 0.1) is 0 Å². The maximum Gasteiger partial charge on any atom is 0.266 e. The number of pyridine rings is 1. The Labute approximate surface area is 212 Å². The van der Waals surface area contributed by atoms with E-state index in [-0.39, 0.29) is 23.1 Å². The molecule has 2 aliphatic heterocycles. The molecule has 3 aromatic heterocycles. The fourth-order valence-electron chi connectivity index (χ4n) is 5.59. The van der Waals surface area contributed by atoms with E-state index in [9.17, 15) is 13.6 Å². The number of carbonyl (C=O) groups excluding carboxylic acids is 1. The highest BCUT2D eigenvalue weighted by Crippen LogP contribution is 2.41. The van der Waals surface area contributed by atoms with Crippen molar-refractivity contribution in [2.75, 3.05) is 20.3 Å². The van der Waals surface area contributed by atoms with Crippen LogP contribution in [0.25, 0.3) is 33.5 Å². The molecule has 192 valence electrons. The summed E-state index contributed by atoms with van der Waals surface area (Å²) >= 11 is 0. The van der Waals surface area contributed by atoms with Gasteiger partial charge in [0.05, 0.1) is 23.4 Å². The molecule has 0 spiro atoms. The monoisotopic (exact) mass is 506 g/mol. The average Bonchev–Trinajstić information content (AvgIpc) is 3.50. The molecule has 0 saturated carbocycles. The number of aromatic nitrogens is 5. The lowest BCUT2D eigenvalue weighted by molar-refractivity contribution is -0.135. The number of fused-ring (bicyclic) bond motifs is 2. The first-order valence-electron chi connectivity index (χ1n) is 12.5. The summed E-state index contributed by atoms with van der Waals surface area (Å²) in [6.07, 6.45) is 0.639. The van der Waals surface area contributed by atoms with E-state index in [2.05, 4.69) is 14.6 Å². The maximum absolute atomic E-state index is 14.3. The number of nitrogens with zero attached hydrogens (tertiary/aromatic N) is 6. The van der Waals surface area contributed by atoms with Gasteiger partial charge in [-0.25, -0.2) is 18.7 Å². The van der Waals surface area contributed by atoms with Crippen LogP contribution >= 0.6 is 0 Å². The SMILES string of the molecule is C[C@@H]1C(=O)N(C)Cc2c(-c3cccc4nc(-c5ccn(C)n5)c(C(F)F)cc34)nc(C3CCOCC3)n21. The number of amides is 1. The lowest BCUT2D eigenvalue weighted by Gasteiger charge is -2.32. The first kappa shape index (κ1) is 23.7. The number of rotatable bonds is 4. The smallest absolute Gasteiger partial charge is 0.266 e. The molecule has 8 nitrogen and oxygen atoms in total. The minimum absolute atomic E-state index is 0.0318. The van der Waals surface area contributed by atoms with Crippen LogP contribution in [0.15, 0.2) is 36.5 Å². The first-order chi connectivity index (χ1) is 17.8. The summed E-state index contributed by atoms with van der Waals surface area (Å²) in [6.45, 7) is 3.59. The van der Waals surface area contributed by atoms with Crippen LogP contribution in [0.4, 0.5) is 8.78 Å². The Kier molecular flexibility index (Phi) is 5.78. The summed E-state index contributed by atoms with van der Waals surface area (Å²) in [7, 11) is 3.53. The highest BCUT2D eigenvalue weighted by atomic mass is 19.3. The second-order valence-electron chi connectivity index (χ2n) is 9.87. The minimum atomic E-state index is -2.72. The van der Waals surface area contributed by atoms with Crippen LogP contribution in [0.3, 0.4) is 0 Å². The average molecular weight is 507 g/mol. The van der Waals surface area contributed by atoms with E-state index in [0.29, 0.717) is 42.0 Å². The molecule has 37 heavy (non-hydrogen) atoms. The number of hydrogen-bond acceptors (Lipinski definition) is 5. The van der Waals surface area contributed by atoms with Crippen LogP contribution in [0.2, 0.25) is 0 Å². The van der Waals surface area contributed by atoms with Gasteiger partial charge in [-0.15, -0.1) is 0 Å². The topological polar surface area (TPSA) is 78.1 Å². The van der Waals surface area contributed by atoms with Gasteiger partial charge < -0.3 is 14.2 Å². The zero-order valence-electron chi connectivity index (χ0n) is 21.0. The summed E-state index contributed by atoms with van der Waals surface area (Å²) in [4.78, 5) is 24.4. The van der Waals surface area contributed by atoms with Gasteiger partial charge in [-0.05, 0) is 38.0 Å². The number of alkyl halides is 2. The normalized spacial score (nSPS) is 18.7. The van der Waals surface area contributed by atoms with E-state index in [1.807, 2.05) is 25.1 Å². The molecule has 1 atom stereocenters. The fraction of sp³-hybridized carbons (Fsp3) is 0.407. The highest BCUT2D eigenvalue weighted by molar-refractivity contribution is 5.96. The number of ether oxygens (including phenoxy) is 1. The summed E-state index contributed by atoms with van der Waals surface area (Å²) in [6, 6.07) is 8.40. The molecule has 1 aromatic carbocycles. The molecule has 0 N–H and O–H groups in total. The van der Waals surface area contributed by atoms with Gasteiger partial charge in [-0.3, -0.25) is 9.48 Å². The van der Waals surface area contributed by atoms with E-state index >= 15 is 0 Å².